The highest BCUT2D eigenvalue weighted by Crippen LogP contribution is 2.28. The van der Waals surface area contributed by atoms with E-state index in [1.165, 1.54) is 19.2 Å². The number of benzene rings is 2. The van der Waals surface area contributed by atoms with Gasteiger partial charge in [-0.2, -0.15) is 5.10 Å². The summed E-state index contributed by atoms with van der Waals surface area (Å²) < 4.78 is 19.9. The maximum absolute atomic E-state index is 13.2. The molecule has 0 bridgehead atoms. The molecule has 1 aromatic heterocycles. The molecule has 0 aliphatic carbocycles. The third kappa shape index (κ3) is 2.69. The summed E-state index contributed by atoms with van der Waals surface area (Å²) in [7, 11) is 1.33. The van der Waals surface area contributed by atoms with Gasteiger partial charge in [-0.1, -0.05) is 18.2 Å². The van der Waals surface area contributed by atoms with Crippen LogP contribution in [0.15, 0.2) is 48.5 Å². The maximum Gasteiger partial charge on any atom is 0.342 e. The van der Waals surface area contributed by atoms with Crippen molar-refractivity contribution in [2.24, 2.45) is 0 Å². The Morgan fingerprint density at radius 2 is 1.75 bits per heavy atom. The van der Waals surface area contributed by atoms with Crippen molar-refractivity contribution < 1.29 is 13.9 Å². The normalized spacial score (nSPS) is 10.7. The Kier molecular flexibility index (Phi) is 4.16. The van der Waals surface area contributed by atoms with Gasteiger partial charge in [0.05, 0.1) is 18.5 Å². The molecule has 122 valence electrons. The van der Waals surface area contributed by atoms with Gasteiger partial charge in [0.15, 0.2) is 0 Å². The van der Waals surface area contributed by atoms with Crippen molar-refractivity contribution in [2.45, 2.75) is 13.8 Å². The van der Waals surface area contributed by atoms with Crippen molar-refractivity contribution in [1.82, 2.24) is 9.78 Å². The Balaban J connectivity index is 2.25. The van der Waals surface area contributed by atoms with Gasteiger partial charge in [-0.25, -0.2) is 13.9 Å². The van der Waals surface area contributed by atoms with Gasteiger partial charge in [0, 0.05) is 5.56 Å². The van der Waals surface area contributed by atoms with Crippen LogP contribution in [0.3, 0.4) is 0 Å². The van der Waals surface area contributed by atoms with Gasteiger partial charge in [-0.3, -0.25) is 0 Å². The molecule has 0 aliphatic rings. The summed E-state index contributed by atoms with van der Waals surface area (Å²) in [6, 6.07) is 13.7. The number of carbonyl (C=O) groups excluding carboxylic acids is 1. The molecular weight excluding hydrogens is 307 g/mol. The molecule has 4 nitrogen and oxygen atoms in total. The average Bonchev–Trinajstić information content (AvgIpc) is 2.92. The van der Waals surface area contributed by atoms with Crippen molar-refractivity contribution in [2.75, 3.05) is 7.11 Å². The fourth-order valence-electron chi connectivity index (χ4n) is 2.69. The number of ether oxygens (including phenoxy) is 1. The highest BCUT2D eigenvalue weighted by molar-refractivity contribution is 5.97. The summed E-state index contributed by atoms with van der Waals surface area (Å²) in [5.41, 5.74) is 4.11. The van der Waals surface area contributed by atoms with Crippen LogP contribution in [-0.2, 0) is 4.74 Å². The van der Waals surface area contributed by atoms with Gasteiger partial charge in [0.2, 0.25) is 0 Å². The number of para-hydroxylation sites is 1. The fourth-order valence-corrected chi connectivity index (χ4v) is 2.69. The monoisotopic (exact) mass is 324 g/mol. The lowest BCUT2D eigenvalue weighted by atomic mass is 10.1. The van der Waals surface area contributed by atoms with E-state index in [0.717, 1.165) is 11.3 Å². The Morgan fingerprint density at radius 3 is 2.38 bits per heavy atom. The summed E-state index contributed by atoms with van der Waals surface area (Å²) in [4.78, 5) is 12.3. The van der Waals surface area contributed by atoms with E-state index in [1.54, 1.807) is 16.8 Å². The second-order valence-corrected chi connectivity index (χ2v) is 5.51. The predicted octanol–water partition coefficient (Wildman–Crippen LogP) is 4.08. The second-order valence-electron chi connectivity index (χ2n) is 5.51. The van der Waals surface area contributed by atoms with Gasteiger partial charge >= 0.3 is 5.97 Å². The van der Waals surface area contributed by atoms with Crippen molar-refractivity contribution in [3.63, 3.8) is 0 Å². The molecule has 0 unspecified atom stereocenters. The summed E-state index contributed by atoms with van der Waals surface area (Å²) in [5, 5.41) is 4.60. The van der Waals surface area contributed by atoms with E-state index in [0.29, 0.717) is 22.5 Å². The van der Waals surface area contributed by atoms with Crippen LogP contribution in [-0.4, -0.2) is 22.9 Å². The van der Waals surface area contributed by atoms with Crippen LogP contribution in [0.4, 0.5) is 4.39 Å². The standard InChI is InChI=1S/C19H17FN2O2/c1-12-6-4-5-7-16(12)22-13(2)17(19(23)24-3)18(21-22)14-8-10-15(20)11-9-14/h4-11H,1-3H3. The minimum Gasteiger partial charge on any atom is -0.465 e. The van der Waals surface area contributed by atoms with Crippen LogP contribution in [0, 0.1) is 19.7 Å². The van der Waals surface area contributed by atoms with E-state index >= 15 is 0 Å². The van der Waals surface area contributed by atoms with Crippen LogP contribution >= 0.6 is 0 Å². The van der Waals surface area contributed by atoms with Gasteiger partial charge in [-0.15, -0.1) is 0 Å². The quantitative estimate of drug-likeness (QED) is 0.682. The van der Waals surface area contributed by atoms with Crippen molar-refractivity contribution in [3.05, 3.63) is 71.2 Å². The van der Waals surface area contributed by atoms with Crippen LogP contribution in [0.5, 0.6) is 0 Å². The van der Waals surface area contributed by atoms with Crippen molar-refractivity contribution in [3.8, 4) is 16.9 Å². The smallest absolute Gasteiger partial charge is 0.342 e. The minimum absolute atomic E-state index is 0.339. The van der Waals surface area contributed by atoms with Gasteiger partial charge in [-0.05, 0) is 49.7 Å². The molecule has 5 heteroatoms. The number of rotatable bonds is 3. The molecule has 3 rings (SSSR count). The first kappa shape index (κ1) is 15.9. The molecule has 24 heavy (non-hydrogen) atoms. The maximum atomic E-state index is 13.2. The van der Waals surface area contributed by atoms with Crippen LogP contribution in [0.25, 0.3) is 16.9 Å². The average molecular weight is 324 g/mol. The number of nitrogens with zero attached hydrogens (tertiary/aromatic N) is 2. The molecule has 0 saturated heterocycles. The first-order valence-corrected chi connectivity index (χ1v) is 7.53. The zero-order valence-corrected chi connectivity index (χ0v) is 13.7. The summed E-state index contributed by atoms with van der Waals surface area (Å²) in [5.74, 6) is -0.805. The molecule has 0 aliphatic heterocycles. The second kappa shape index (κ2) is 6.28. The lowest BCUT2D eigenvalue weighted by Gasteiger charge is -2.07. The lowest BCUT2D eigenvalue weighted by molar-refractivity contribution is 0.0600. The fraction of sp³-hybridized carbons (Fsp3) is 0.158. The van der Waals surface area contributed by atoms with E-state index in [2.05, 4.69) is 5.10 Å². The van der Waals surface area contributed by atoms with E-state index < -0.39 is 5.97 Å². The minimum atomic E-state index is -0.466. The van der Waals surface area contributed by atoms with Crippen molar-refractivity contribution in [1.29, 1.82) is 0 Å². The number of carbonyl (C=O) groups is 1. The van der Waals surface area contributed by atoms with E-state index in [4.69, 9.17) is 4.74 Å². The summed E-state index contributed by atoms with van der Waals surface area (Å²) in [6.45, 7) is 3.80. The van der Waals surface area contributed by atoms with Crippen LogP contribution < -0.4 is 0 Å². The number of hydrogen-bond donors (Lipinski definition) is 0. The number of halogens is 1. The number of methoxy groups -OCH3 is 1. The molecule has 0 radical (unpaired) electrons. The number of hydrogen-bond acceptors (Lipinski definition) is 3. The summed E-state index contributed by atoms with van der Waals surface area (Å²) >= 11 is 0. The van der Waals surface area contributed by atoms with Crippen LogP contribution in [0.1, 0.15) is 21.6 Å². The van der Waals surface area contributed by atoms with Gasteiger partial charge < -0.3 is 4.74 Å². The Labute approximate surface area is 139 Å². The molecule has 0 N–H and O–H groups in total. The molecule has 0 saturated carbocycles. The predicted molar refractivity (Wildman–Crippen MR) is 89.8 cm³/mol. The molecule has 0 atom stereocenters. The first-order valence-electron chi connectivity index (χ1n) is 7.53. The number of aryl methyl sites for hydroxylation is 1. The molecule has 2 aromatic carbocycles. The molecule has 0 amide bonds. The molecular formula is C19H17FN2O2. The molecule has 0 fully saturated rings. The molecule has 0 spiro atoms. The number of aromatic nitrogens is 2. The third-order valence-electron chi connectivity index (χ3n) is 3.97. The Hall–Kier alpha value is -2.95. The molecule has 1 heterocycles. The third-order valence-corrected chi connectivity index (χ3v) is 3.97. The highest BCUT2D eigenvalue weighted by atomic mass is 19.1. The summed E-state index contributed by atoms with van der Waals surface area (Å²) in [6.07, 6.45) is 0. The zero-order chi connectivity index (χ0) is 17.3. The van der Waals surface area contributed by atoms with E-state index in [-0.39, 0.29) is 5.82 Å². The Bertz CT molecular complexity index is 898. The van der Waals surface area contributed by atoms with E-state index in [9.17, 15) is 9.18 Å². The van der Waals surface area contributed by atoms with Gasteiger partial charge in [0.1, 0.15) is 17.1 Å². The Morgan fingerprint density at radius 1 is 1.08 bits per heavy atom. The van der Waals surface area contributed by atoms with Crippen molar-refractivity contribution >= 4 is 5.97 Å². The topological polar surface area (TPSA) is 44.1 Å². The largest absolute Gasteiger partial charge is 0.465 e. The van der Waals surface area contributed by atoms with Gasteiger partial charge in [0.25, 0.3) is 0 Å². The lowest BCUT2D eigenvalue weighted by Crippen LogP contribution is -2.06. The van der Waals surface area contributed by atoms with Crippen LogP contribution in [0.2, 0.25) is 0 Å². The first-order chi connectivity index (χ1) is 11.5. The molecule has 3 aromatic rings. The SMILES string of the molecule is COC(=O)c1c(-c2ccc(F)cc2)nn(-c2ccccc2C)c1C. The van der Waals surface area contributed by atoms with E-state index in [1.807, 2.05) is 38.1 Å². The number of esters is 1. The highest BCUT2D eigenvalue weighted by Gasteiger charge is 2.24. The zero-order valence-electron chi connectivity index (χ0n) is 13.7.